The fourth-order valence-electron chi connectivity index (χ4n) is 0.791. The molecule has 14 heavy (non-hydrogen) atoms. The number of carboxylic acids is 1. The lowest BCUT2D eigenvalue weighted by atomic mass is 10.0. The van der Waals surface area contributed by atoms with Gasteiger partial charge in [0.15, 0.2) is 0 Å². The highest BCUT2D eigenvalue weighted by Crippen LogP contribution is 2.02. The molecule has 1 atom stereocenters. The first-order valence-corrected chi connectivity index (χ1v) is 4.57. The van der Waals surface area contributed by atoms with Crippen LogP contribution < -0.4 is 10.6 Å². The van der Waals surface area contributed by atoms with Crippen LogP contribution in [0.15, 0.2) is 0 Å². The number of hydrogen-bond donors (Lipinski definition) is 3. The highest BCUT2D eigenvalue weighted by molar-refractivity contribution is 5.89. The van der Waals surface area contributed by atoms with E-state index in [4.69, 9.17) is 5.11 Å². The molecule has 0 spiro atoms. The first-order valence-electron chi connectivity index (χ1n) is 4.57. The summed E-state index contributed by atoms with van der Waals surface area (Å²) >= 11 is 0. The minimum absolute atomic E-state index is 0.311. The summed E-state index contributed by atoms with van der Waals surface area (Å²) in [5.74, 6) is -1.32. The van der Waals surface area contributed by atoms with Gasteiger partial charge in [-0.1, -0.05) is 6.92 Å². The van der Waals surface area contributed by atoms with Crippen molar-refractivity contribution in [1.82, 2.24) is 10.6 Å². The second-order valence-corrected chi connectivity index (χ2v) is 3.65. The van der Waals surface area contributed by atoms with E-state index in [0.29, 0.717) is 6.42 Å². The van der Waals surface area contributed by atoms with E-state index < -0.39 is 17.6 Å². The van der Waals surface area contributed by atoms with E-state index in [9.17, 15) is 9.59 Å². The van der Waals surface area contributed by atoms with Crippen LogP contribution in [0.4, 0.5) is 0 Å². The third kappa shape index (κ3) is 3.33. The molecule has 0 rings (SSSR count). The van der Waals surface area contributed by atoms with Gasteiger partial charge in [0.25, 0.3) is 0 Å². The smallest absolute Gasteiger partial charge is 0.326 e. The van der Waals surface area contributed by atoms with Crippen molar-refractivity contribution < 1.29 is 14.7 Å². The number of carboxylic acid groups (broad SMARTS) is 1. The van der Waals surface area contributed by atoms with E-state index in [1.165, 1.54) is 0 Å². The highest BCUT2D eigenvalue weighted by atomic mass is 16.4. The first kappa shape index (κ1) is 12.9. The van der Waals surface area contributed by atoms with E-state index in [2.05, 4.69) is 10.6 Å². The van der Waals surface area contributed by atoms with Crippen LogP contribution in [0, 0.1) is 0 Å². The molecule has 0 saturated heterocycles. The Labute approximate surface area is 83.9 Å². The van der Waals surface area contributed by atoms with E-state index in [1.54, 1.807) is 27.8 Å². The van der Waals surface area contributed by atoms with Gasteiger partial charge in [-0.25, -0.2) is 4.79 Å². The Balaban J connectivity index is 4.37. The van der Waals surface area contributed by atoms with E-state index in [1.807, 2.05) is 0 Å². The Kier molecular flexibility index (Phi) is 4.56. The zero-order valence-corrected chi connectivity index (χ0v) is 9.05. The van der Waals surface area contributed by atoms with Crippen LogP contribution >= 0.6 is 0 Å². The average molecular weight is 202 g/mol. The largest absolute Gasteiger partial charge is 0.480 e. The molecule has 5 nitrogen and oxygen atoms in total. The maximum absolute atomic E-state index is 11.5. The zero-order chi connectivity index (χ0) is 11.4. The predicted molar refractivity (Wildman–Crippen MR) is 53.0 cm³/mol. The summed E-state index contributed by atoms with van der Waals surface area (Å²) in [6.45, 7) is 5.10. The van der Waals surface area contributed by atoms with Crippen LogP contribution in [0.1, 0.15) is 27.2 Å². The van der Waals surface area contributed by atoms with Gasteiger partial charge in [0.1, 0.15) is 6.04 Å². The van der Waals surface area contributed by atoms with Gasteiger partial charge < -0.3 is 15.7 Å². The summed E-state index contributed by atoms with van der Waals surface area (Å²) in [6.07, 6.45) is 0.376. The van der Waals surface area contributed by atoms with Gasteiger partial charge in [0, 0.05) is 0 Å². The average Bonchev–Trinajstić information content (AvgIpc) is 2.12. The number of aliphatic carboxylic acids is 1. The van der Waals surface area contributed by atoms with Crippen molar-refractivity contribution in [3.05, 3.63) is 0 Å². The van der Waals surface area contributed by atoms with E-state index in [-0.39, 0.29) is 5.91 Å². The number of rotatable bonds is 5. The number of hydrogen-bond acceptors (Lipinski definition) is 3. The first-order chi connectivity index (χ1) is 6.35. The van der Waals surface area contributed by atoms with Gasteiger partial charge in [-0.2, -0.15) is 0 Å². The Morgan fingerprint density at radius 1 is 1.43 bits per heavy atom. The van der Waals surface area contributed by atoms with Gasteiger partial charge in [0.2, 0.25) is 5.91 Å². The standard InChI is InChI=1S/C9H18N2O3/c1-5-6(7(12)13)11-8(14)9(2,3)10-4/h6,10H,5H2,1-4H3,(H,11,14)(H,12,13). The third-order valence-electron chi connectivity index (χ3n) is 2.20. The van der Waals surface area contributed by atoms with Crippen LogP contribution in [-0.4, -0.2) is 35.6 Å². The normalized spacial score (nSPS) is 13.4. The Morgan fingerprint density at radius 2 is 1.93 bits per heavy atom. The molecule has 0 radical (unpaired) electrons. The minimum atomic E-state index is -1.01. The van der Waals surface area contributed by atoms with Crippen LogP contribution in [-0.2, 0) is 9.59 Å². The molecule has 0 saturated carbocycles. The molecular formula is C9H18N2O3. The summed E-state index contributed by atoms with van der Waals surface area (Å²) in [6, 6.07) is -0.810. The molecule has 1 amide bonds. The number of carbonyl (C=O) groups is 2. The maximum Gasteiger partial charge on any atom is 0.326 e. The van der Waals surface area contributed by atoms with Crippen LogP contribution in [0.3, 0.4) is 0 Å². The second-order valence-electron chi connectivity index (χ2n) is 3.65. The van der Waals surface area contributed by atoms with Gasteiger partial charge in [-0.15, -0.1) is 0 Å². The van der Waals surface area contributed by atoms with Crippen molar-refractivity contribution in [1.29, 1.82) is 0 Å². The van der Waals surface area contributed by atoms with Gasteiger partial charge in [-0.3, -0.25) is 4.79 Å². The minimum Gasteiger partial charge on any atom is -0.480 e. The van der Waals surface area contributed by atoms with Crippen molar-refractivity contribution in [3.8, 4) is 0 Å². The molecule has 0 heterocycles. The summed E-state index contributed by atoms with van der Waals surface area (Å²) in [5, 5.41) is 14.0. The Bertz CT molecular complexity index is 226. The third-order valence-corrected chi connectivity index (χ3v) is 2.20. The molecule has 0 aliphatic carbocycles. The lowest BCUT2D eigenvalue weighted by molar-refractivity contribution is -0.142. The molecule has 5 heteroatoms. The number of likely N-dealkylation sites (N-methyl/N-ethyl adjacent to an activating group) is 1. The molecule has 0 aromatic carbocycles. The molecular weight excluding hydrogens is 184 g/mol. The van der Waals surface area contributed by atoms with Crippen LogP contribution in [0.25, 0.3) is 0 Å². The molecule has 0 aromatic heterocycles. The Hall–Kier alpha value is -1.10. The molecule has 0 aliphatic rings. The van der Waals surface area contributed by atoms with Crippen molar-refractivity contribution in [2.75, 3.05) is 7.05 Å². The number of carbonyl (C=O) groups excluding carboxylic acids is 1. The number of amides is 1. The lowest BCUT2D eigenvalue weighted by Gasteiger charge is -2.24. The Morgan fingerprint density at radius 3 is 2.21 bits per heavy atom. The topological polar surface area (TPSA) is 78.4 Å². The predicted octanol–water partition coefficient (Wildman–Crippen LogP) is -0.0362. The maximum atomic E-state index is 11.5. The molecule has 0 bridgehead atoms. The van der Waals surface area contributed by atoms with Crippen molar-refractivity contribution in [3.63, 3.8) is 0 Å². The number of nitrogens with one attached hydrogen (secondary N) is 2. The van der Waals surface area contributed by atoms with Gasteiger partial charge >= 0.3 is 5.97 Å². The summed E-state index contributed by atoms with van der Waals surface area (Å²) < 4.78 is 0. The fourth-order valence-corrected chi connectivity index (χ4v) is 0.791. The summed E-state index contributed by atoms with van der Waals surface area (Å²) in [7, 11) is 1.65. The van der Waals surface area contributed by atoms with Crippen molar-refractivity contribution >= 4 is 11.9 Å². The van der Waals surface area contributed by atoms with E-state index in [0.717, 1.165) is 0 Å². The van der Waals surface area contributed by atoms with Crippen molar-refractivity contribution in [2.24, 2.45) is 0 Å². The van der Waals surface area contributed by atoms with Gasteiger partial charge in [-0.05, 0) is 27.3 Å². The van der Waals surface area contributed by atoms with Gasteiger partial charge in [0.05, 0.1) is 5.54 Å². The quantitative estimate of drug-likeness (QED) is 0.584. The lowest BCUT2D eigenvalue weighted by Crippen LogP contribution is -2.55. The molecule has 3 N–H and O–H groups in total. The van der Waals surface area contributed by atoms with Crippen molar-refractivity contribution in [2.45, 2.75) is 38.8 Å². The van der Waals surface area contributed by atoms with Crippen LogP contribution in [0.5, 0.6) is 0 Å². The second kappa shape index (κ2) is 4.95. The fraction of sp³-hybridized carbons (Fsp3) is 0.778. The summed E-state index contributed by atoms with van der Waals surface area (Å²) in [5.41, 5.74) is -0.747. The van der Waals surface area contributed by atoms with Crippen LogP contribution in [0.2, 0.25) is 0 Å². The zero-order valence-electron chi connectivity index (χ0n) is 9.05. The molecule has 0 aromatic rings. The van der Waals surface area contributed by atoms with E-state index >= 15 is 0 Å². The summed E-state index contributed by atoms with van der Waals surface area (Å²) in [4.78, 5) is 22.2. The molecule has 0 fully saturated rings. The molecule has 82 valence electrons. The molecule has 0 aliphatic heterocycles. The SMILES string of the molecule is CCC(NC(=O)C(C)(C)NC)C(=O)O. The monoisotopic (exact) mass is 202 g/mol. The molecule has 1 unspecified atom stereocenters. The highest BCUT2D eigenvalue weighted by Gasteiger charge is 2.28.